The summed E-state index contributed by atoms with van der Waals surface area (Å²) in [6.07, 6.45) is -0.987. The minimum atomic E-state index is -0.987. The molecule has 7 heteroatoms. The summed E-state index contributed by atoms with van der Waals surface area (Å²) in [5.74, 6) is -0.755. The number of thiazole rings is 1. The van der Waals surface area contributed by atoms with E-state index >= 15 is 0 Å². The molecule has 0 aliphatic heterocycles. The first-order valence-corrected chi connectivity index (χ1v) is 9.08. The standard InChI is InChI=1S/C19H16ClFN2O2S/c1-11-17(26-19(23-11)12-5-7-14(20)8-6-12)18(25)22-10-16(24)13-3-2-4-15(21)9-13/h2-9,16,24H,10H2,1H3,(H,22,25). The van der Waals surface area contributed by atoms with Gasteiger partial charge < -0.3 is 10.4 Å². The highest BCUT2D eigenvalue weighted by molar-refractivity contribution is 7.17. The molecule has 0 bridgehead atoms. The number of hydrogen-bond acceptors (Lipinski definition) is 4. The van der Waals surface area contributed by atoms with Gasteiger partial charge in [0.05, 0.1) is 11.8 Å². The number of benzene rings is 2. The molecule has 1 amide bonds. The smallest absolute Gasteiger partial charge is 0.263 e. The summed E-state index contributed by atoms with van der Waals surface area (Å²) in [5.41, 5.74) is 1.90. The molecule has 0 radical (unpaired) electrons. The number of carbonyl (C=O) groups is 1. The van der Waals surface area contributed by atoms with E-state index in [0.717, 1.165) is 10.6 Å². The Morgan fingerprint density at radius 3 is 2.73 bits per heavy atom. The maximum Gasteiger partial charge on any atom is 0.263 e. The number of aliphatic hydroxyl groups is 1. The van der Waals surface area contributed by atoms with Crippen LogP contribution >= 0.6 is 22.9 Å². The molecule has 0 aliphatic carbocycles. The second-order valence-corrected chi connectivity index (χ2v) is 7.16. The Kier molecular flexibility index (Phi) is 5.66. The molecule has 0 spiro atoms. The lowest BCUT2D eigenvalue weighted by molar-refractivity contribution is 0.0919. The lowest BCUT2D eigenvalue weighted by Gasteiger charge is -2.12. The van der Waals surface area contributed by atoms with Crippen molar-refractivity contribution in [2.24, 2.45) is 0 Å². The zero-order valence-corrected chi connectivity index (χ0v) is 15.4. The molecule has 0 fully saturated rings. The van der Waals surface area contributed by atoms with Crippen LogP contribution in [0, 0.1) is 12.7 Å². The van der Waals surface area contributed by atoms with Crippen LogP contribution < -0.4 is 5.32 Å². The third-order valence-corrected chi connectivity index (χ3v) is 5.24. The Labute approximate surface area is 159 Å². The fourth-order valence-corrected chi connectivity index (χ4v) is 3.54. The second kappa shape index (κ2) is 7.95. The topological polar surface area (TPSA) is 62.2 Å². The number of aromatic nitrogens is 1. The van der Waals surface area contributed by atoms with Gasteiger partial charge in [0, 0.05) is 17.1 Å². The molecule has 1 atom stereocenters. The van der Waals surface area contributed by atoms with Crippen LogP contribution in [-0.4, -0.2) is 22.5 Å². The Bertz CT molecular complexity index is 928. The van der Waals surface area contributed by atoms with Gasteiger partial charge in [-0.15, -0.1) is 11.3 Å². The zero-order chi connectivity index (χ0) is 18.7. The molecule has 3 aromatic rings. The van der Waals surface area contributed by atoms with E-state index in [2.05, 4.69) is 10.3 Å². The summed E-state index contributed by atoms with van der Waals surface area (Å²) in [7, 11) is 0. The number of carbonyl (C=O) groups excluding carboxylic acids is 1. The molecule has 26 heavy (non-hydrogen) atoms. The van der Waals surface area contributed by atoms with Gasteiger partial charge in [0.15, 0.2) is 0 Å². The van der Waals surface area contributed by atoms with Gasteiger partial charge in [0.25, 0.3) is 5.91 Å². The predicted molar refractivity (Wildman–Crippen MR) is 101 cm³/mol. The molecule has 0 aliphatic rings. The van der Waals surface area contributed by atoms with Crippen LogP contribution in [0.15, 0.2) is 48.5 Å². The number of aryl methyl sites for hydroxylation is 1. The molecule has 1 unspecified atom stereocenters. The first-order chi connectivity index (χ1) is 12.4. The van der Waals surface area contributed by atoms with Crippen molar-refractivity contribution >= 4 is 28.8 Å². The number of halogens is 2. The van der Waals surface area contributed by atoms with Gasteiger partial charge in [-0.3, -0.25) is 4.79 Å². The third kappa shape index (κ3) is 4.27. The number of nitrogens with one attached hydrogen (secondary N) is 1. The lowest BCUT2D eigenvalue weighted by atomic mass is 10.1. The van der Waals surface area contributed by atoms with Crippen molar-refractivity contribution in [3.05, 3.63) is 75.5 Å². The fourth-order valence-electron chi connectivity index (χ4n) is 2.42. The van der Waals surface area contributed by atoms with Gasteiger partial charge in [-0.25, -0.2) is 9.37 Å². The fraction of sp³-hybridized carbons (Fsp3) is 0.158. The van der Waals surface area contributed by atoms with E-state index in [1.165, 1.54) is 29.5 Å². The van der Waals surface area contributed by atoms with Gasteiger partial charge in [-0.1, -0.05) is 35.9 Å². The molecular weight excluding hydrogens is 375 g/mol. The van der Waals surface area contributed by atoms with Crippen molar-refractivity contribution in [3.63, 3.8) is 0 Å². The van der Waals surface area contributed by atoms with Crippen molar-refractivity contribution in [2.75, 3.05) is 6.54 Å². The molecule has 0 saturated carbocycles. The van der Waals surface area contributed by atoms with Gasteiger partial charge >= 0.3 is 0 Å². The molecule has 1 heterocycles. The largest absolute Gasteiger partial charge is 0.387 e. The van der Waals surface area contributed by atoms with E-state index in [1.807, 2.05) is 12.1 Å². The summed E-state index contributed by atoms with van der Waals surface area (Å²) >= 11 is 7.16. The molecule has 3 rings (SSSR count). The van der Waals surface area contributed by atoms with Crippen LogP contribution in [0.5, 0.6) is 0 Å². The van der Waals surface area contributed by atoms with E-state index in [1.54, 1.807) is 25.1 Å². The summed E-state index contributed by atoms with van der Waals surface area (Å²) in [4.78, 5) is 17.3. The third-order valence-electron chi connectivity index (χ3n) is 3.78. The van der Waals surface area contributed by atoms with E-state index < -0.39 is 11.9 Å². The molecule has 2 aromatic carbocycles. The molecule has 0 saturated heterocycles. The van der Waals surface area contributed by atoms with Crippen molar-refractivity contribution in [1.82, 2.24) is 10.3 Å². The Morgan fingerprint density at radius 2 is 2.04 bits per heavy atom. The first-order valence-electron chi connectivity index (χ1n) is 7.89. The summed E-state index contributed by atoms with van der Waals surface area (Å²) in [5, 5.41) is 14.1. The van der Waals surface area contributed by atoms with Crippen molar-refractivity contribution in [1.29, 1.82) is 0 Å². The van der Waals surface area contributed by atoms with Gasteiger partial charge in [0.2, 0.25) is 0 Å². The summed E-state index contributed by atoms with van der Waals surface area (Å²) < 4.78 is 13.2. The molecule has 1 aromatic heterocycles. The number of aliphatic hydroxyl groups excluding tert-OH is 1. The van der Waals surface area contributed by atoms with Crippen molar-refractivity contribution < 1.29 is 14.3 Å². The average molecular weight is 391 g/mol. The van der Waals surface area contributed by atoms with Crippen molar-refractivity contribution in [2.45, 2.75) is 13.0 Å². The normalized spacial score (nSPS) is 12.0. The lowest BCUT2D eigenvalue weighted by Crippen LogP contribution is -2.28. The van der Waals surface area contributed by atoms with E-state index in [9.17, 15) is 14.3 Å². The van der Waals surface area contributed by atoms with Crippen LogP contribution in [0.25, 0.3) is 10.6 Å². The van der Waals surface area contributed by atoms with Crippen LogP contribution in [-0.2, 0) is 0 Å². The second-order valence-electron chi connectivity index (χ2n) is 5.72. The Morgan fingerprint density at radius 1 is 1.31 bits per heavy atom. The average Bonchev–Trinajstić information content (AvgIpc) is 3.02. The van der Waals surface area contributed by atoms with Gasteiger partial charge in [-0.05, 0) is 36.8 Å². The molecule has 2 N–H and O–H groups in total. The van der Waals surface area contributed by atoms with E-state index in [0.29, 0.717) is 21.2 Å². The minimum absolute atomic E-state index is 0.0180. The number of nitrogens with zero attached hydrogens (tertiary/aromatic N) is 1. The monoisotopic (exact) mass is 390 g/mol. The quantitative estimate of drug-likeness (QED) is 0.679. The van der Waals surface area contributed by atoms with Gasteiger partial charge in [0.1, 0.15) is 15.7 Å². The maximum absolute atomic E-state index is 13.2. The first kappa shape index (κ1) is 18.5. The number of hydrogen-bond donors (Lipinski definition) is 2. The Hall–Kier alpha value is -2.28. The summed E-state index contributed by atoms with van der Waals surface area (Å²) in [6.45, 7) is 1.74. The van der Waals surface area contributed by atoms with E-state index in [-0.39, 0.29) is 12.5 Å². The number of amides is 1. The molecule has 134 valence electrons. The summed E-state index contributed by atoms with van der Waals surface area (Å²) in [6, 6.07) is 12.9. The highest BCUT2D eigenvalue weighted by atomic mass is 35.5. The number of rotatable bonds is 5. The molecule has 4 nitrogen and oxygen atoms in total. The predicted octanol–water partition coefficient (Wildman–Crippen LogP) is 4.37. The zero-order valence-electron chi connectivity index (χ0n) is 13.9. The van der Waals surface area contributed by atoms with Crippen LogP contribution in [0.1, 0.15) is 27.0 Å². The highest BCUT2D eigenvalue weighted by Crippen LogP contribution is 2.28. The van der Waals surface area contributed by atoms with Crippen molar-refractivity contribution in [3.8, 4) is 10.6 Å². The minimum Gasteiger partial charge on any atom is -0.387 e. The Balaban J connectivity index is 1.69. The maximum atomic E-state index is 13.2. The van der Waals surface area contributed by atoms with Crippen LogP contribution in [0.3, 0.4) is 0 Å². The SMILES string of the molecule is Cc1nc(-c2ccc(Cl)cc2)sc1C(=O)NCC(O)c1cccc(F)c1. The van der Waals surface area contributed by atoms with Crippen LogP contribution in [0.4, 0.5) is 4.39 Å². The van der Waals surface area contributed by atoms with Gasteiger partial charge in [-0.2, -0.15) is 0 Å². The molecular formula is C19H16ClFN2O2S. The van der Waals surface area contributed by atoms with E-state index in [4.69, 9.17) is 11.6 Å². The van der Waals surface area contributed by atoms with Crippen LogP contribution in [0.2, 0.25) is 5.02 Å². The highest BCUT2D eigenvalue weighted by Gasteiger charge is 2.17.